The van der Waals surface area contributed by atoms with Crippen LogP contribution in [0.2, 0.25) is 0 Å². The third-order valence-electron chi connectivity index (χ3n) is 9.68. The molecule has 0 radical (unpaired) electrons. The summed E-state index contributed by atoms with van der Waals surface area (Å²) in [6, 6.07) is 17.2. The Labute approximate surface area is 255 Å². The van der Waals surface area contributed by atoms with Crippen molar-refractivity contribution in [1.82, 2.24) is 10.2 Å². The van der Waals surface area contributed by atoms with Crippen molar-refractivity contribution in [1.29, 1.82) is 0 Å². The van der Waals surface area contributed by atoms with Crippen LogP contribution in [0.1, 0.15) is 66.9 Å². The van der Waals surface area contributed by atoms with E-state index in [4.69, 9.17) is 4.74 Å². The van der Waals surface area contributed by atoms with Crippen LogP contribution in [-0.2, 0) is 25.5 Å². The highest BCUT2D eigenvalue weighted by atomic mass is 16.5. The molecule has 7 atom stereocenters. The first-order valence-electron chi connectivity index (χ1n) is 15.5. The highest BCUT2D eigenvalue weighted by Crippen LogP contribution is 2.65. The van der Waals surface area contributed by atoms with E-state index in [1.165, 1.54) is 0 Å². The van der Waals surface area contributed by atoms with Crippen LogP contribution in [0.3, 0.4) is 0 Å². The second-order valence-corrected chi connectivity index (χ2v) is 14.9. The average Bonchev–Trinajstić information content (AvgIpc) is 3.43. The molecule has 3 aliphatic heterocycles. The lowest BCUT2D eigenvalue weighted by atomic mass is 9.62. The fourth-order valence-corrected chi connectivity index (χ4v) is 8.42. The number of amides is 3. The molecule has 2 aromatic rings. The van der Waals surface area contributed by atoms with Gasteiger partial charge in [0.15, 0.2) is 0 Å². The number of likely N-dealkylation sites (tertiary alicyclic amines) is 1. The van der Waals surface area contributed by atoms with Gasteiger partial charge in [0.2, 0.25) is 17.7 Å². The SMILES string of the molecule is CC1CC23O[C@]1(C)[C@@H](C(=O)Nc1ccccc1)[C@H]2C(=O)N([C@@H](CO)Cc1ccccc1)C3C(=O)NC(C)(C)CC(C)(C)C. The van der Waals surface area contributed by atoms with Gasteiger partial charge in [0.25, 0.3) is 0 Å². The molecule has 8 heteroatoms. The van der Waals surface area contributed by atoms with Crippen molar-refractivity contribution < 1.29 is 24.2 Å². The van der Waals surface area contributed by atoms with Crippen molar-refractivity contribution in [2.45, 2.75) is 96.6 Å². The van der Waals surface area contributed by atoms with Crippen LogP contribution >= 0.6 is 0 Å². The number of benzene rings is 2. The highest BCUT2D eigenvalue weighted by molar-refractivity contribution is 6.02. The van der Waals surface area contributed by atoms with Crippen molar-refractivity contribution in [3.63, 3.8) is 0 Å². The van der Waals surface area contributed by atoms with Gasteiger partial charge in [-0.05, 0) is 69.1 Å². The molecule has 1 spiro atoms. The molecule has 3 heterocycles. The fraction of sp³-hybridized carbons (Fsp3) is 0.571. The maximum absolute atomic E-state index is 14.7. The Balaban J connectivity index is 1.57. The van der Waals surface area contributed by atoms with Crippen LogP contribution in [0.15, 0.2) is 60.7 Å². The Morgan fingerprint density at radius 2 is 1.63 bits per heavy atom. The predicted molar refractivity (Wildman–Crippen MR) is 166 cm³/mol. The van der Waals surface area contributed by atoms with E-state index in [0.29, 0.717) is 24.9 Å². The minimum absolute atomic E-state index is 0.0470. The van der Waals surface area contributed by atoms with Crippen molar-refractivity contribution in [3.8, 4) is 0 Å². The molecule has 3 N–H and O–H groups in total. The Kier molecular flexibility index (Phi) is 8.01. The van der Waals surface area contributed by atoms with E-state index < -0.39 is 40.7 Å². The van der Waals surface area contributed by atoms with E-state index in [9.17, 15) is 19.5 Å². The van der Waals surface area contributed by atoms with Gasteiger partial charge in [-0.15, -0.1) is 0 Å². The van der Waals surface area contributed by atoms with E-state index in [0.717, 1.165) is 5.56 Å². The number of carbonyl (C=O) groups excluding carboxylic acids is 3. The molecule has 5 rings (SSSR count). The number of aliphatic hydroxyl groups is 1. The van der Waals surface area contributed by atoms with Gasteiger partial charge in [-0.25, -0.2) is 0 Å². The van der Waals surface area contributed by atoms with Gasteiger partial charge < -0.3 is 25.4 Å². The third kappa shape index (κ3) is 5.60. The second kappa shape index (κ2) is 11.0. The number of aliphatic hydroxyl groups excluding tert-OH is 1. The average molecular weight is 590 g/mol. The number of nitrogens with one attached hydrogen (secondary N) is 2. The van der Waals surface area contributed by atoms with Crippen LogP contribution in [0, 0.1) is 23.2 Å². The Morgan fingerprint density at radius 1 is 1.02 bits per heavy atom. The predicted octanol–water partition coefficient (Wildman–Crippen LogP) is 4.57. The van der Waals surface area contributed by atoms with Gasteiger partial charge in [0, 0.05) is 11.2 Å². The largest absolute Gasteiger partial charge is 0.394 e. The van der Waals surface area contributed by atoms with Crippen LogP contribution in [0.4, 0.5) is 5.69 Å². The summed E-state index contributed by atoms with van der Waals surface area (Å²) in [5.41, 5.74) is -1.16. The minimum Gasteiger partial charge on any atom is -0.394 e. The summed E-state index contributed by atoms with van der Waals surface area (Å²) in [7, 11) is 0. The quantitative estimate of drug-likeness (QED) is 0.397. The Morgan fingerprint density at radius 3 is 2.21 bits per heavy atom. The van der Waals surface area contributed by atoms with Crippen LogP contribution in [0.25, 0.3) is 0 Å². The number of anilines is 1. The topological polar surface area (TPSA) is 108 Å². The molecule has 0 aliphatic carbocycles. The summed E-state index contributed by atoms with van der Waals surface area (Å²) in [4.78, 5) is 44.8. The number of nitrogens with zero attached hydrogens (tertiary/aromatic N) is 1. The van der Waals surface area contributed by atoms with E-state index in [-0.39, 0.29) is 35.7 Å². The molecule has 2 aromatic carbocycles. The van der Waals surface area contributed by atoms with Gasteiger partial charge in [-0.2, -0.15) is 0 Å². The first-order valence-corrected chi connectivity index (χ1v) is 15.5. The molecular weight excluding hydrogens is 542 g/mol. The van der Waals surface area contributed by atoms with Gasteiger partial charge in [-0.3, -0.25) is 14.4 Å². The van der Waals surface area contributed by atoms with Gasteiger partial charge in [0.1, 0.15) is 11.6 Å². The molecule has 2 bridgehead atoms. The van der Waals surface area contributed by atoms with Crippen molar-refractivity contribution in [2.24, 2.45) is 23.2 Å². The van der Waals surface area contributed by atoms with Crippen molar-refractivity contribution in [3.05, 3.63) is 66.2 Å². The molecule has 0 saturated carbocycles. The van der Waals surface area contributed by atoms with Crippen LogP contribution < -0.4 is 10.6 Å². The lowest BCUT2D eigenvalue weighted by Gasteiger charge is -2.40. The highest BCUT2D eigenvalue weighted by Gasteiger charge is 2.80. The molecule has 43 heavy (non-hydrogen) atoms. The monoisotopic (exact) mass is 589 g/mol. The maximum atomic E-state index is 14.7. The van der Waals surface area contributed by atoms with Gasteiger partial charge >= 0.3 is 0 Å². The van der Waals surface area contributed by atoms with E-state index in [1.54, 1.807) is 4.90 Å². The summed E-state index contributed by atoms with van der Waals surface area (Å²) in [6.07, 6.45) is 1.55. The molecular formula is C35H47N3O5. The number of carbonyl (C=O) groups is 3. The molecule has 3 saturated heterocycles. The maximum Gasteiger partial charge on any atom is 0.246 e. The number of ether oxygens (including phenoxy) is 1. The molecule has 3 amide bonds. The van der Waals surface area contributed by atoms with Gasteiger partial charge in [0.05, 0.1) is 30.1 Å². The molecule has 3 unspecified atom stereocenters. The van der Waals surface area contributed by atoms with Crippen LogP contribution in [-0.4, -0.2) is 63.2 Å². The lowest BCUT2D eigenvalue weighted by molar-refractivity contribution is -0.150. The van der Waals surface area contributed by atoms with E-state index in [1.807, 2.05) is 88.4 Å². The summed E-state index contributed by atoms with van der Waals surface area (Å²) < 4.78 is 6.88. The summed E-state index contributed by atoms with van der Waals surface area (Å²) in [5, 5.41) is 17.0. The molecule has 8 nitrogen and oxygen atoms in total. The number of para-hydroxylation sites is 1. The molecule has 232 valence electrons. The van der Waals surface area contributed by atoms with Crippen molar-refractivity contribution in [2.75, 3.05) is 11.9 Å². The zero-order chi connectivity index (χ0) is 31.4. The lowest BCUT2D eigenvalue weighted by Crippen LogP contribution is -2.61. The third-order valence-corrected chi connectivity index (χ3v) is 9.68. The fourth-order valence-electron chi connectivity index (χ4n) is 8.42. The summed E-state index contributed by atoms with van der Waals surface area (Å²) >= 11 is 0. The van der Waals surface area contributed by atoms with E-state index in [2.05, 4.69) is 31.4 Å². The first-order chi connectivity index (χ1) is 20.1. The van der Waals surface area contributed by atoms with Crippen molar-refractivity contribution >= 4 is 23.4 Å². The Bertz CT molecular complexity index is 1360. The molecule has 3 aliphatic rings. The minimum atomic E-state index is -1.20. The number of hydrogen-bond donors (Lipinski definition) is 3. The number of rotatable bonds is 9. The standard InChI is InChI=1S/C35H47N3O5/c1-22-19-35-27(26(34(22,7)43-35)29(40)36-24-16-12-9-13-17-24)31(42)38(25(20-39)18-23-14-10-8-11-15-23)28(35)30(41)37-33(5,6)21-32(2,3)4/h8-17,22,25-28,39H,18-21H2,1-7H3,(H,36,40)(H,37,41)/t22?,25-,26-,27+,28?,34+,35?/m1/s1. The smallest absolute Gasteiger partial charge is 0.246 e. The van der Waals surface area contributed by atoms with Gasteiger partial charge in [-0.1, -0.05) is 76.2 Å². The summed E-state index contributed by atoms with van der Waals surface area (Å²) in [6.45, 7) is 14.0. The normalized spacial score (nSPS) is 30.7. The molecule has 0 aromatic heterocycles. The zero-order valence-electron chi connectivity index (χ0n) is 26.5. The van der Waals surface area contributed by atoms with Crippen LogP contribution in [0.5, 0.6) is 0 Å². The first kappa shape index (κ1) is 31.2. The number of fused-ring (bicyclic) bond motifs is 1. The molecule has 3 fully saturated rings. The zero-order valence-corrected chi connectivity index (χ0v) is 26.5. The Hall–Kier alpha value is -3.23. The summed E-state index contributed by atoms with van der Waals surface area (Å²) in [5.74, 6) is -2.66. The van der Waals surface area contributed by atoms with E-state index >= 15 is 0 Å². The second-order valence-electron chi connectivity index (χ2n) is 14.9. The number of hydrogen-bond acceptors (Lipinski definition) is 5.